The molecule has 0 amide bonds. The van der Waals surface area contributed by atoms with Crippen molar-refractivity contribution >= 4 is 5.82 Å². The Hall–Kier alpha value is -1.13. The number of morpholine rings is 1. The number of nitrogens with zero attached hydrogens (tertiary/aromatic N) is 2. The first-order valence-electron chi connectivity index (χ1n) is 7.20. The molecule has 2 N–H and O–H groups in total. The average molecular weight is 263 g/mol. The largest absolute Gasteiger partial charge is 0.372 e. The molecule has 1 saturated heterocycles. The molecule has 106 valence electrons. The molecule has 1 aliphatic rings. The van der Waals surface area contributed by atoms with E-state index in [9.17, 15) is 0 Å². The third-order valence-electron chi connectivity index (χ3n) is 3.59. The molecule has 0 aliphatic carbocycles. The van der Waals surface area contributed by atoms with Crippen molar-refractivity contribution < 1.29 is 4.74 Å². The standard InChI is InChI=1S/C15H25N3O/c1-4-14(16)8-13-6-5-7-17-15(13)18-9-11(2)19-12(3)10-18/h5-7,11-12,14H,4,8-10,16H2,1-3H3/t11-,12+,14?. The van der Waals surface area contributed by atoms with E-state index in [1.165, 1.54) is 5.56 Å². The van der Waals surface area contributed by atoms with Gasteiger partial charge in [-0.1, -0.05) is 13.0 Å². The van der Waals surface area contributed by atoms with Crippen LogP contribution in [0.5, 0.6) is 0 Å². The lowest BCUT2D eigenvalue weighted by atomic mass is 10.0. The third kappa shape index (κ3) is 3.67. The van der Waals surface area contributed by atoms with Gasteiger partial charge in [-0.2, -0.15) is 0 Å². The summed E-state index contributed by atoms with van der Waals surface area (Å²) in [5.41, 5.74) is 7.34. The molecule has 1 aromatic rings. The zero-order valence-electron chi connectivity index (χ0n) is 12.2. The molecule has 4 nitrogen and oxygen atoms in total. The van der Waals surface area contributed by atoms with Crippen molar-refractivity contribution in [3.05, 3.63) is 23.9 Å². The maximum atomic E-state index is 6.09. The van der Waals surface area contributed by atoms with Crippen LogP contribution in [0.3, 0.4) is 0 Å². The van der Waals surface area contributed by atoms with Crippen LogP contribution in [0.25, 0.3) is 0 Å². The fraction of sp³-hybridized carbons (Fsp3) is 0.667. The van der Waals surface area contributed by atoms with E-state index in [1.54, 1.807) is 0 Å². The van der Waals surface area contributed by atoms with Gasteiger partial charge in [0, 0.05) is 25.3 Å². The zero-order valence-corrected chi connectivity index (χ0v) is 12.2. The Labute approximate surface area is 116 Å². The van der Waals surface area contributed by atoms with Crippen LogP contribution in [0.4, 0.5) is 5.82 Å². The van der Waals surface area contributed by atoms with Crippen LogP contribution in [-0.2, 0) is 11.2 Å². The van der Waals surface area contributed by atoms with Gasteiger partial charge in [0.25, 0.3) is 0 Å². The molecule has 1 unspecified atom stereocenters. The van der Waals surface area contributed by atoms with Gasteiger partial charge in [0.05, 0.1) is 12.2 Å². The number of ether oxygens (including phenoxy) is 1. The summed E-state index contributed by atoms with van der Waals surface area (Å²) in [4.78, 5) is 6.90. The van der Waals surface area contributed by atoms with Crippen molar-refractivity contribution in [2.45, 2.75) is 51.9 Å². The minimum Gasteiger partial charge on any atom is -0.372 e. The molecule has 19 heavy (non-hydrogen) atoms. The van der Waals surface area contributed by atoms with E-state index in [-0.39, 0.29) is 18.2 Å². The molecule has 1 fully saturated rings. The predicted octanol–water partition coefficient (Wildman–Crippen LogP) is 1.97. The maximum Gasteiger partial charge on any atom is 0.131 e. The Morgan fingerprint density at radius 3 is 2.74 bits per heavy atom. The van der Waals surface area contributed by atoms with Crippen molar-refractivity contribution in [3.8, 4) is 0 Å². The van der Waals surface area contributed by atoms with Gasteiger partial charge in [0.2, 0.25) is 0 Å². The Morgan fingerprint density at radius 1 is 1.42 bits per heavy atom. The lowest BCUT2D eigenvalue weighted by Gasteiger charge is -2.37. The van der Waals surface area contributed by atoms with Gasteiger partial charge < -0.3 is 15.4 Å². The molecular formula is C15H25N3O. The highest BCUT2D eigenvalue weighted by atomic mass is 16.5. The normalized spacial score (nSPS) is 25.4. The number of hydrogen-bond donors (Lipinski definition) is 1. The average Bonchev–Trinajstić information content (AvgIpc) is 2.38. The molecule has 2 rings (SSSR count). The number of rotatable bonds is 4. The van der Waals surface area contributed by atoms with E-state index in [2.05, 4.69) is 36.7 Å². The number of nitrogens with two attached hydrogens (primary N) is 1. The summed E-state index contributed by atoms with van der Waals surface area (Å²) >= 11 is 0. The Morgan fingerprint density at radius 2 is 2.11 bits per heavy atom. The van der Waals surface area contributed by atoms with Gasteiger partial charge in [-0.05, 0) is 38.3 Å². The summed E-state index contributed by atoms with van der Waals surface area (Å²) in [5.74, 6) is 1.08. The second-order valence-corrected chi connectivity index (χ2v) is 5.52. The van der Waals surface area contributed by atoms with E-state index in [1.807, 2.05) is 12.3 Å². The summed E-state index contributed by atoms with van der Waals surface area (Å²) in [6.07, 6.45) is 4.24. The molecule has 0 radical (unpaired) electrons. The van der Waals surface area contributed by atoms with E-state index in [4.69, 9.17) is 10.5 Å². The van der Waals surface area contributed by atoms with Crippen LogP contribution in [0, 0.1) is 0 Å². The summed E-state index contributed by atoms with van der Waals surface area (Å²) in [6.45, 7) is 8.15. The fourth-order valence-electron chi connectivity index (χ4n) is 2.65. The molecule has 1 aromatic heterocycles. The minimum absolute atomic E-state index is 0.207. The van der Waals surface area contributed by atoms with Crippen molar-refractivity contribution in [1.29, 1.82) is 0 Å². The molecule has 3 atom stereocenters. The van der Waals surface area contributed by atoms with Crippen molar-refractivity contribution in [2.75, 3.05) is 18.0 Å². The molecule has 0 aromatic carbocycles. The second-order valence-electron chi connectivity index (χ2n) is 5.52. The first kappa shape index (κ1) is 14.3. The highest BCUT2D eigenvalue weighted by Crippen LogP contribution is 2.23. The van der Waals surface area contributed by atoms with Crippen LogP contribution in [0.1, 0.15) is 32.8 Å². The zero-order chi connectivity index (χ0) is 13.8. The summed E-state index contributed by atoms with van der Waals surface area (Å²) in [6, 6.07) is 4.34. The first-order valence-corrected chi connectivity index (χ1v) is 7.20. The van der Waals surface area contributed by atoms with E-state index in [0.717, 1.165) is 31.7 Å². The van der Waals surface area contributed by atoms with Gasteiger partial charge >= 0.3 is 0 Å². The Balaban J connectivity index is 2.18. The van der Waals surface area contributed by atoms with E-state index >= 15 is 0 Å². The van der Waals surface area contributed by atoms with Crippen LogP contribution in [-0.4, -0.2) is 36.3 Å². The summed E-state index contributed by atoms with van der Waals surface area (Å²) in [7, 11) is 0. The monoisotopic (exact) mass is 263 g/mol. The van der Waals surface area contributed by atoms with E-state index < -0.39 is 0 Å². The van der Waals surface area contributed by atoms with Gasteiger partial charge in [0.1, 0.15) is 5.82 Å². The van der Waals surface area contributed by atoms with Gasteiger partial charge in [-0.15, -0.1) is 0 Å². The van der Waals surface area contributed by atoms with Crippen molar-refractivity contribution in [3.63, 3.8) is 0 Å². The van der Waals surface area contributed by atoms with Crippen molar-refractivity contribution in [2.24, 2.45) is 5.73 Å². The second kappa shape index (κ2) is 6.35. The lowest BCUT2D eigenvalue weighted by Crippen LogP contribution is -2.46. The predicted molar refractivity (Wildman–Crippen MR) is 78.4 cm³/mol. The Kier molecular flexibility index (Phi) is 4.77. The molecule has 2 heterocycles. The smallest absolute Gasteiger partial charge is 0.131 e. The molecule has 0 saturated carbocycles. The van der Waals surface area contributed by atoms with E-state index in [0.29, 0.717) is 0 Å². The summed E-state index contributed by atoms with van der Waals surface area (Å²) in [5, 5.41) is 0. The van der Waals surface area contributed by atoms with Gasteiger partial charge in [-0.25, -0.2) is 4.98 Å². The minimum atomic E-state index is 0.207. The van der Waals surface area contributed by atoms with Gasteiger partial charge in [0.15, 0.2) is 0 Å². The third-order valence-corrected chi connectivity index (χ3v) is 3.59. The van der Waals surface area contributed by atoms with Crippen LogP contribution >= 0.6 is 0 Å². The highest BCUT2D eigenvalue weighted by Gasteiger charge is 2.24. The fourth-order valence-corrected chi connectivity index (χ4v) is 2.65. The molecule has 0 bridgehead atoms. The van der Waals surface area contributed by atoms with Crippen LogP contribution in [0.15, 0.2) is 18.3 Å². The van der Waals surface area contributed by atoms with Crippen molar-refractivity contribution in [1.82, 2.24) is 4.98 Å². The molecule has 1 aliphatic heterocycles. The Bertz CT molecular complexity index is 400. The lowest BCUT2D eigenvalue weighted by molar-refractivity contribution is -0.00550. The topological polar surface area (TPSA) is 51.4 Å². The van der Waals surface area contributed by atoms with Gasteiger partial charge in [-0.3, -0.25) is 0 Å². The molecule has 4 heteroatoms. The number of aromatic nitrogens is 1. The summed E-state index contributed by atoms with van der Waals surface area (Å²) < 4.78 is 5.79. The quantitative estimate of drug-likeness (QED) is 0.902. The SMILES string of the molecule is CCC(N)Cc1cccnc1N1C[C@@H](C)O[C@@H](C)C1. The number of hydrogen-bond acceptors (Lipinski definition) is 4. The van der Waals surface area contributed by atoms with Crippen LogP contribution < -0.4 is 10.6 Å². The first-order chi connectivity index (χ1) is 9.10. The molecular weight excluding hydrogens is 238 g/mol. The highest BCUT2D eigenvalue weighted by molar-refractivity contribution is 5.47. The maximum absolute atomic E-state index is 6.09. The molecule has 0 spiro atoms. The number of anilines is 1. The van der Waals surface area contributed by atoms with Crippen LogP contribution in [0.2, 0.25) is 0 Å². The number of pyridine rings is 1.